The van der Waals surface area contributed by atoms with Gasteiger partial charge in [-0.25, -0.2) is 0 Å². The summed E-state index contributed by atoms with van der Waals surface area (Å²) in [7, 11) is 3.43. The van der Waals surface area contributed by atoms with Gasteiger partial charge >= 0.3 is 0 Å². The topological polar surface area (TPSA) is 54.9 Å². The van der Waals surface area contributed by atoms with Crippen LogP contribution in [0.4, 0.5) is 0 Å². The second kappa shape index (κ2) is 9.48. The molecule has 0 unspecified atom stereocenters. The molecule has 0 saturated heterocycles. The van der Waals surface area contributed by atoms with E-state index in [1.165, 1.54) is 0 Å². The summed E-state index contributed by atoms with van der Waals surface area (Å²) in [5.74, 6) is 2.41. The molecular weight excluding hydrogens is 290 g/mol. The minimum Gasteiger partial charge on any atom is -0.457 e. The maximum atomic E-state index is 5.78. The summed E-state index contributed by atoms with van der Waals surface area (Å²) < 4.78 is 10.8. The van der Waals surface area contributed by atoms with Crippen LogP contribution in [0.25, 0.3) is 0 Å². The van der Waals surface area contributed by atoms with Crippen LogP contribution in [-0.4, -0.2) is 33.3 Å². The van der Waals surface area contributed by atoms with Gasteiger partial charge in [0.15, 0.2) is 5.96 Å². The number of rotatable bonds is 7. The summed E-state index contributed by atoms with van der Waals surface area (Å²) in [6.07, 6.45) is 0. The highest BCUT2D eigenvalue weighted by molar-refractivity contribution is 5.79. The molecule has 2 aromatic carbocycles. The van der Waals surface area contributed by atoms with E-state index in [1.54, 1.807) is 14.2 Å². The normalized spacial score (nSPS) is 11.1. The van der Waals surface area contributed by atoms with Crippen molar-refractivity contribution in [3.63, 3.8) is 0 Å². The number of nitrogens with one attached hydrogen (secondary N) is 2. The molecule has 2 N–H and O–H groups in total. The first-order chi connectivity index (χ1) is 11.3. The molecule has 122 valence electrons. The minimum atomic E-state index is 0.645. The second-order valence-electron chi connectivity index (χ2n) is 4.90. The average Bonchev–Trinajstić information content (AvgIpc) is 2.60. The van der Waals surface area contributed by atoms with E-state index in [2.05, 4.69) is 15.6 Å². The molecule has 0 bridgehead atoms. The number of methoxy groups -OCH3 is 1. The molecule has 0 amide bonds. The molecule has 0 radical (unpaired) electrons. The first-order valence-electron chi connectivity index (χ1n) is 7.57. The van der Waals surface area contributed by atoms with Crippen molar-refractivity contribution in [2.24, 2.45) is 4.99 Å². The summed E-state index contributed by atoms with van der Waals surface area (Å²) >= 11 is 0. The zero-order chi connectivity index (χ0) is 16.3. The Balaban J connectivity index is 1.82. The predicted molar refractivity (Wildman–Crippen MR) is 93.0 cm³/mol. The van der Waals surface area contributed by atoms with Gasteiger partial charge in [-0.15, -0.1) is 0 Å². The second-order valence-corrected chi connectivity index (χ2v) is 4.90. The van der Waals surface area contributed by atoms with E-state index in [0.29, 0.717) is 13.2 Å². The first kappa shape index (κ1) is 16.8. The van der Waals surface area contributed by atoms with Crippen LogP contribution in [-0.2, 0) is 11.3 Å². The lowest BCUT2D eigenvalue weighted by Gasteiger charge is -2.12. The van der Waals surface area contributed by atoms with Gasteiger partial charge in [0.05, 0.1) is 6.61 Å². The number of para-hydroxylation sites is 1. The van der Waals surface area contributed by atoms with Crippen LogP contribution >= 0.6 is 0 Å². The fraction of sp³-hybridized carbons (Fsp3) is 0.278. The largest absolute Gasteiger partial charge is 0.457 e. The van der Waals surface area contributed by atoms with Crippen LogP contribution in [0.2, 0.25) is 0 Å². The van der Waals surface area contributed by atoms with E-state index in [9.17, 15) is 0 Å². The smallest absolute Gasteiger partial charge is 0.191 e. The van der Waals surface area contributed by atoms with E-state index >= 15 is 0 Å². The fourth-order valence-electron chi connectivity index (χ4n) is 1.98. The number of nitrogens with zero attached hydrogens (tertiary/aromatic N) is 1. The molecule has 0 aromatic heterocycles. The van der Waals surface area contributed by atoms with Crippen molar-refractivity contribution in [3.8, 4) is 11.5 Å². The quantitative estimate of drug-likeness (QED) is 0.469. The molecule has 0 aliphatic rings. The number of benzene rings is 2. The number of hydrogen-bond acceptors (Lipinski definition) is 3. The molecule has 23 heavy (non-hydrogen) atoms. The van der Waals surface area contributed by atoms with E-state index in [-0.39, 0.29) is 0 Å². The number of aliphatic imine (C=N–C) groups is 1. The van der Waals surface area contributed by atoms with Gasteiger partial charge in [-0.3, -0.25) is 4.99 Å². The monoisotopic (exact) mass is 313 g/mol. The third-order valence-corrected chi connectivity index (χ3v) is 3.18. The van der Waals surface area contributed by atoms with Crippen LogP contribution in [0.15, 0.2) is 59.6 Å². The minimum absolute atomic E-state index is 0.645. The molecule has 2 rings (SSSR count). The third kappa shape index (κ3) is 6.00. The van der Waals surface area contributed by atoms with Gasteiger partial charge in [0, 0.05) is 27.2 Å². The van der Waals surface area contributed by atoms with E-state index < -0.39 is 0 Å². The van der Waals surface area contributed by atoms with Crippen molar-refractivity contribution in [2.45, 2.75) is 6.54 Å². The maximum absolute atomic E-state index is 5.78. The van der Waals surface area contributed by atoms with Gasteiger partial charge in [-0.05, 0) is 29.8 Å². The van der Waals surface area contributed by atoms with Gasteiger partial charge in [0.1, 0.15) is 11.5 Å². The van der Waals surface area contributed by atoms with Crippen LogP contribution in [0.1, 0.15) is 5.56 Å². The molecule has 0 saturated carbocycles. The van der Waals surface area contributed by atoms with Crippen molar-refractivity contribution >= 4 is 5.96 Å². The molecule has 0 aliphatic heterocycles. The highest BCUT2D eigenvalue weighted by atomic mass is 16.5. The Kier molecular flexibility index (Phi) is 6.94. The Hall–Kier alpha value is -2.53. The molecule has 0 aliphatic carbocycles. The predicted octanol–water partition coefficient (Wildman–Crippen LogP) is 2.79. The fourth-order valence-corrected chi connectivity index (χ4v) is 1.98. The lowest BCUT2D eigenvalue weighted by Crippen LogP contribution is -2.38. The molecule has 2 aromatic rings. The summed E-state index contributed by atoms with van der Waals surface area (Å²) in [5.41, 5.74) is 1.15. The summed E-state index contributed by atoms with van der Waals surface area (Å²) in [5, 5.41) is 6.43. The Labute approximate surface area is 137 Å². The lowest BCUT2D eigenvalue weighted by molar-refractivity contribution is 0.203. The number of ether oxygens (including phenoxy) is 2. The van der Waals surface area contributed by atoms with Crippen LogP contribution in [0, 0.1) is 0 Å². The van der Waals surface area contributed by atoms with Crippen molar-refractivity contribution in [2.75, 3.05) is 27.3 Å². The molecule has 0 spiro atoms. The maximum Gasteiger partial charge on any atom is 0.191 e. The van der Waals surface area contributed by atoms with Gasteiger partial charge < -0.3 is 20.1 Å². The number of hydrogen-bond donors (Lipinski definition) is 2. The van der Waals surface area contributed by atoms with Crippen LogP contribution in [0.3, 0.4) is 0 Å². The van der Waals surface area contributed by atoms with Gasteiger partial charge in [0.2, 0.25) is 0 Å². The van der Waals surface area contributed by atoms with Crippen molar-refractivity contribution in [1.82, 2.24) is 10.6 Å². The van der Waals surface area contributed by atoms with Crippen LogP contribution in [0.5, 0.6) is 11.5 Å². The Bertz CT molecular complexity index is 597. The molecule has 5 nitrogen and oxygen atoms in total. The van der Waals surface area contributed by atoms with E-state index in [0.717, 1.165) is 29.6 Å². The highest BCUT2D eigenvalue weighted by Gasteiger charge is 2.00. The van der Waals surface area contributed by atoms with Crippen LogP contribution < -0.4 is 15.4 Å². The summed E-state index contributed by atoms with van der Waals surface area (Å²) in [4.78, 5) is 4.16. The first-order valence-corrected chi connectivity index (χ1v) is 7.57. The SMILES string of the molecule is CN=C(NCCOC)NCc1ccc(Oc2ccccc2)cc1. The third-order valence-electron chi connectivity index (χ3n) is 3.18. The van der Waals surface area contributed by atoms with Crippen molar-refractivity contribution in [1.29, 1.82) is 0 Å². The molecular formula is C18H23N3O2. The Morgan fingerprint density at radius 2 is 1.65 bits per heavy atom. The van der Waals surface area contributed by atoms with E-state index in [4.69, 9.17) is 9.47 Å². The summed E-state index contributed by atoms with van der Waals surface area (Å²) in [6, 6.07) is 17.7. The average molecular weight is 313 g/mol. The van der Waals surface area contributed by atoms with Gasteiger partial charge in [0.25, 0.3) is 0 Å². The zero-order valence-corrected chi connectivity index (χ0v) is 13.6. The molecule has 0 fully saturated rings. The summed E-state index contributed by atoms with van der Waals surface area (Å²) in [6.45, 7) is 2.06. The lowest BCUT2D eigenvalue weighted by atomic mass is 10.2. The zero-order valence-electron chi connectivity index (χ0n) is 13.6. The van der Waals surface area contributed by atoms with E-state index in [1.807, 2.05) is 54.6 Å². The molecule has 0 atom stereocenters. The molecule has 0 heterocycles. The standard InChI is InChI=1S/C18H23N3O2/c1-19-18(20-12-13-22-2)21-14-15-8-10-17(11-9-15)23-16-6-4-3-5-7-16/h3-11H,12-14H2,1-2H3,(H2,19,20,21). The van der Waals surface area contributed by atoms with Crippen molar-refractivity contribution < 1.29 is 9.47 Å². The Morgan fingerprint density at radius 1 is 0.957 bits per heavy atom. The molecule has 5 heteroatoms. The van der Waals surface area contributed by atoms with Gasteiger partial charge in [-0.2, -0.15) is 0 Å². The number of guanidine groups is 1. The van der Waals surface area contributed by atoms with Crippen molar-refractivity contribution in [3.05, 3.63) is 60.2 Å². The van der Waals surface area contributed by atoms with Gasteiger partial charge in [-0.1, -0.05) is 30.3 Å². The Morgan fingerprint density at radius 3 is 2.30 bits per heavy atom. The highest BCUT2D eigenvalue weighted by Crippen LogP contribution is 2.20.